The number of benzene rings is 2. The Hall–Kier alpha value is -3.28. The summed E-state index contributed by atoms with van der Waals surface area (Å²) in [4.78, 5) is 12.6. The molecule has 2 aromatic carbocycles. The molecule has 0 saturated carbocycles. The molecular formula is C23H26N2O4. The maximum atomic E-state index is 12.6. The third kappa shape index (κ3) is 4.96. The van der Waals surface area contributed by atoms with E-state index in [-0.39, 0.29) is 11.8 Å². The van der Waals surface area contributed by atoms with Crippen LogP contribution in [0.3, 0.4) is 0 Å². The Kier molecular flexibility index (Phi) is 6.54. The minimum absolute atomic E-state index is 0.150. The van der Waals surface area contributed by atoms with E-state index >= 15 is 0 Å². The summed E-state index contributed by atoms with van der Waals surface area (Å²) in [5.74, 6) is 1.86. The number of carbonyl (C=O) groups excluding carboxylic acids is 1. The molecule has 0 aliphatic carbocycles. The fourth-order valence-corrected chi connectivity index (χ4v) is 3.03. The summed E-state index contributed by atoms with van der Waals surface area (Å²) in [6.07, 6.45) is 0. The molecular weight excluding hydrogens is 368 g/mol. The number of hydrogen-bond acceptors (Lipinski definition) is 5. The first kappa shape index (κ1) is 20.5. The average molecular weight is 394 g/mol. The van der Waals surface area contributed by atoms with E-state index in [2.05, 4.69) is 29.5 Å². The molecule has 1 unspecified atom stereocenters. The number of ether oxygens (including phenoxy) is 2. The first-order valence-corrected chi connectivity index (χ1v) is 9.55. The molecule has 1 amide bonds. The molecule has 0 aliphatic heterocycles. The monoisotopic (exact) mass is 394 g/mol. The predicted molar refractivity (Wildman–Crippen MR) is 110 cm³/mol. The molecule has 1 aromatic heterocycles. The third-order valence-electron chi connectivity index (χ3n) is 4.92. The van der Waals surface area contributed by atoms with Crippen LogP contribution < -0.4 is 14.8 Å². The molecule has 152 valence electrons. The lowest BCUT2D eigenvalue weighted by atomic mass is 10.0. The van der Waals surface area contributed by atoms with Crippen LogP contribution in [0.2, 0.25) is 0 Å². The van der Waals surface area contributed by atoms with Crippen LogP contribution >= 0.6 is 0 Å². The summed E-state index contributed by atoms with van der Waals surface area (Å²) < 4.78 is 16.4. The van der Waals surface area contributed by atoms with Crippen molar-refractivity contribution in [2.45, 2.75) is 33.3 Å². The number of rotatable bonds is 8. The lowest BCUT2D eigenvalue weighted by molar-refractivity contribution is 0.0951. The maximum absolute atomic E-state index is 12.6. The smallest absolute Gasteiger partial charge is 0.251 e. The SMILES string of the molecule is COc1cc(C(=O)NCC(C)c2ccccc2)ccc1OCc1c(C)noc1C. The van der Waals surface area contributed by atoms with Crippen LogP contribution in [0.5, 0.6) is 11.5 Å². The van der Waals surface area contributed by atoms with Gasteiger partial charge >= 0.3 is 0 Å². The van der Waals surface area contributed by atoms with E-state index in [0.717, 1.165) is 17.0 Å². The van der Waals surface area contributed by atoms with Crippen LogP contribution in [-0.4, -0.2) is 24.7 Å². The van der Waals surface area contributed by atoms with Crippen LogP contribution in [0.15, 0.2) is 53.1 Å². The molecule has 6 heteroatoms. The quantitative estimate of drug-likeness (QED) is 0.612. The van der Waals surface area contributed by atoms with E-state index in [9.17, 15) is 4.79 Å². The zero-order chi connectivity index (χ0) is 20.8. The number of methoxy groups -OCH3 is 1. The zero-order valence-electron chi connectivity index (χ0n) is 17.2. The molecule has 29 heavy (non-hydrogen) atoms. The molecule has 0 bridgehead atoms. The minimum Gasteiger partial charge on any atom is -0.493 e. The number of aryl methyl sites for hydroxylation is 2. The Morgan fingerprint density at radius 2 is 1.90 bits per heavy atom. The van der Waals surface area contributed by atoms with Crippen molar-refractivity contribution >= 4 is 5.91 Å². The molecule has 0 spiro atoms. The molecule has 1 heterocycles. The van der Waals surface area contributed by atoms with Crippen LogP contribution in [0.4, 0.5) is 0 Å². The Morgan fingerprint density at radius 1 is 1.14 bits per heavy atom. The van der Waals surface area contributed by atoms with Crippen molar-refractivity contribution in [3.63, 3.8) is 0 Å². The summed E-state index contributed by atoms with van der Waals surface area (Å²) in [5, 5.41) is 6.91. The highest BCUT2D eigenvalue weighted by Gasteiger charge is 2.15. The van der Waals surface area contributed by atoms with E-state index < -0.39 is 0 Å². The molecule has 3 aromatic rings. The second kappa shape index (κ2) is 9.28. The summed E-state index contributed by atoms with van der Waals surface area (Å²) >= 11 is 0. The van der Waals surface area contributed by atoms with Gasteiger partial charge in [0, 0.05) is 12.1 Å². The molecule has 0 radical (unpaired) electrons. The van der Waals surface area contributed by atoms with Gasteiger partial charge in [0.25, 0.3) is 5.91 Å². The maximum Gasteiger partial charge on any atom is 0.251 e. The highest BCUT2D eigenvalue weighted by Crippen LogP contribution is 2.29. The number of hydrogen-bond donors (Lipinski definition) is 1. The topological polar surface area (TPSA) is 73.6 Å². The molecule has 3 rings (SSSR count). The summed E-state index contributed by atoms with van der Waals surface area (Å²) in [7, 11) is 1.55. The van der Waals surface area contributed by atoms with Crippen molar-refractivity contribution in [3.8, 4) is 11.5 Å². The highest BCUT2D eigenvalue weighted by molar-refractivity contribution is 5.94. The number of aromatic nitrogens is 1. The van der Waals surface area contributed by atoms with Crippen molar-refractivity contribution in [2.24, 2.45) is 0 Å². The summed E-state index contributed by atoms with van der Waals surface area (Å²) in [5.41, 5.74) is 3.41. The summed E-state index contributed by atoms with van der Waals surface area (Å²) in [6, 6.07) is 15.3. The first-order chi connectivity index (χ1) is 14.0. The fourth-order valence-electron chi connectivity index (χ4n) is 3.03. The average Bonchev–Trinajstić information content (AvgIpc) is 3.08. The lowest BCUT2D eigenvalue weighted by Gasteiger charge is -2.14. The second-order valence-corrected chi connectivity index (χ2v) is 6.98. The first-order valence-electron chi connectivity index (χ1n) is 9.55. The number of carbonyl (C=O) groups is 1. The van der Waals surface area contributed by atoms with Crippen molar-refractivity contribution < 1.29 is 18.8 Å². The normalized spacial score (nSPS) is 11.7. The Bertz CT molecular complexity index is 947. The van der Waals surface area contributed by atoms with Gasteiger partial charge in [-0.25, -0.2) is 0 Å². The molecule has 1 N–H and O–H groups in total. The third-order valence-corrected chi connectivity index (χ3v) is 4.92. The van der Waals surface area contributed by atoms with Crippen LogP contribution in [-0.2, 0) is 6.61 Å². The Balaban J connectivity index is 1.63. The number of amides is 1. The van der Waals surface area contributed by atoms with E-state index in [1.165, 1.54) is 5.56 Å². The largest absolute Gasteiger partial charge is 0.493 e. The zero-order valence-corrected chi connectivity index (χ0v) is 17.2. The fraction of sp³-hybridized carbons (Fsp3) is 0.304. The van der Waals surface area contributed by atoms with Gasteiger partial charge in [-0.1, -0.05) is 42.4 Å². The Morgan fingerprint density at radius 3 is 2.55 bits per heavy atom. The van der Waals surface area contributed by atoms with E-state index in [1.807, 2.05) is 32.0 Å². The van der Waals surface area contributed by atoms with E-state index in [0.29, 0.717) is 30.2 Å². The van der Waals surface area contributed by atoms with Crippen molar-refractivity contribution in [1.29, 1.82) is 0 Å². The van der Waals surface area contributed by atoms with Crippen LogP contribution in [0, 0.1) is 13.8 Å². The van der Waals surface area contributed by atoms with Gasteiger partial charge in [0.15, 0.2) is 11.5 Å². The van der Waals surface area contributed by atoms with Crippen molar-refractivity contribution in [2.75, 3.05) is 13.7 Å². The molecule has 0 fully saturated rings. The lowest BCUT2D eigenvalue weighted by Crippen LogP contribution is -2.27. The van der Waals surface area contributed by atoms with E-state index in [4.69, 9.17) is 14.0 Å². The van der Waals surface area contributed by atoms with Crippen molar-refractivity contribution in [3.05, 3.63) is 76.7 Å². The number of nitrogens with zero attached hydrogens (tertiary/aromatic N) is 1. The van der Waals surface area contributed by atoms with Gasteiger partial charge in [0.1, 0.15) is 12.4 Å². The van der Waals surface area contributed by atoms with Gasteiger partial charge in [0.2, 0.25) is 0 Å². The molecule has 1 atom stereocenters. The predicted octanol–water partition coefficient (Wildman–Crippen LogP) is 4.41. The van der Waals surface area contributed by atoms with Crippen LogP contribution in [0.25, 0.3) is 0 Å². The summed E-state index contributed by atoms with van der Waals surface area (Å²) in [6.45, 7) is 6.67. The van der Waals surface area contributed by atoms with Gasteiger partial charge in [-0.15, -0.1) is 0 Å². The van der Waals surface area contributed by atoms with Crippen LogP contribution in [0.1, 0.15) is 45.8 Å². The minimum atomic E-state index is -0.150. The van der Waals surface area contributed by atoms with Gasteiger partial charge in [-0.2, -0.15) is 0 Å². The molecule has 6 nitrogen and oxygen atoms in total. The Labute approximate surface area is 170 Å². The van der Waals surface area contributed by atoms with Gasteiger partial charge < -0.3 is 19.3 Å². The molecule has 0 saturated heterocycles. The number of nitrogens with one attached hydrogen (secondary N) is 1. The van der Waals surface area contributed by atoms with Gasteiger partial charge in [-0.05, 0) is 43.5 Å². The van der Waals surface area contributed by atoms with Gasteiger partial charge in [0.05, 0.1) is 18.4 Å². The van der Waals surface area contributed by atoms with E-state index in [1.54, 1.807) is 25.3 Å². The van der Waals surface area contributed by atoms with Gasteiger partial charge in [-0.3, -0.25) is 4.79 Å². The standard InChI is InChI=1S/C23H26N2O4/c1-15(18-8-6-5-7-9-18)13-24-23(26)19-10-11-21(22(12-19)27-4)28-14-20-16(2)25-29-17(20)3/h5-12,15H,13-14H2,1-4H3,(H,24,26). The molecule has 0 aliphatic rings. The van der Waals surface area contributed by atoms with Crippen molar-refractivity contribution in [1.82, 2.24) is 10.5 Å². The highest BCUT2D eigenvalue weighted by atomic mass is 16.5. The second-order valence-electron chi connectivity index (χ2n) is 6.98.